The summed E-state index contributed by atoms with van der Waals surface area (Å²) < 4.78 is 0. The number of nitrogens with one attached hydrogen (secondary N) is 2. The maximum atomic E-state index is 11.4. The van der Waals surface area contributed by atoms with Crippen molar-refractivity contribution in [3.8, 4) is 0 Å². The number of nitrogens with zero attached hydrogens (tertiary/aromatic N) is 3. The fourth-order valence-corrected chi connectivity index (χ4v) is 3.80. The summed E-state index contributed by atoms with van der Waals surface area (Å²) in [5, 5.41) is 7.23. The third kappa shape index (κ3) is 7.25. The van der Waals surface area contributed by atoms with Crippen molar-refractivity contribution in [3.05, 3.63) is 30.3 Å². The minimum atomic E-state index is 0.176. The van der Waals surface area contributed by atoms with Crippen LogP contribution in [0.5, 0.6) is 0 Å². The van der Waals surface area contributed by atoms with E-state index in [1.807, 2.05) is 22.7 Å². The SMILES string of the molecule is CN=C(NCCN1CCN(C(C)=O)CC1)NCC(C)Sc1ccccc1. The van der Waals surface area contributed by atoms with Crippen molar-refractivity contribution in [2.24, 2.45) is 4.99 Å². The Morgan fingerprint density at radius 1 is 1.19 bits per heavy atom. The lowest BCUT2D eigenvalue weighted by Gasteiger charge is -2.34. The molecular weight excluding hydrogens is 346 g/mol. The molecule has 1 saturated heterocycles. The van der Waals surface area contributed by atoms with Crippen molar-refractivity contribution in [1.82, 2.24) is 20.4 Å². The van der Waals surface area contributed by atoms with E-state index < -0.39 is 0 Å². The molecule has 0 spiro atoms. The number of piperazine rings is 1. The molecule has 2 N–H and O–H groups in total. The highest BCUT2D eigenvalue weighted by Gasteiger charge is 2.17. The highest BCUT2D eigenvalue weighted by molar-refractivity contribution is 8.00. The summed E-state index contributed by atoms with van der Waals surface area (Å²) in [6.07, 6.45) is 0. The zero-order valence-corrected chi connectivity index (χ0v) is 16.9. The van der Waals surface area contributed by atoms with Gasteiger partial charge in [-0.15, -0.1) is 11.8 Å². The fourth-order valence-electron chi connectivity index (χ4n) is 2.85. The van der Waals surface area contributed by atoms with Crippen LogP contribution in [0, 0.1) is 0 Å². The van der Waals surface area contributed by atoms with E-state index in [4.69, 9.17) is 0 Å². The van der Waals surface area contributed by atoms with Crippen molar-refractivity contribution in [3.63, 3.8) is 0 Å². The van der Waals surface area contributed by atoms with Crippen molar-refractivity contribution in [1.29, 1.82) is 0 Å². The predicted octanol–water partition coefficient (Wildman–Crippen LogP) is 1.50. The number of benzene rings is 1. The van der Waals surface area contributed by atoms with Gasteiger partial charge in [0.05, 0.1) is 0 Å². The van der Waals surface area contributed by atoms with Gasteiger partial charge < -0.3 is 15.5 Å². The van der Waals surface area contributed by atoms with Crippen LogP contribution in [0.15, 0.2) is 40.2 Å². The molecule has 1 amide bonds. The van der Waals surface area contributed by atoms with Gasteiger partial charge in [0.25, 0.3) is 0 Å². The fraction of sp³-hybridized carbons (Fsp3) is 0.579. The molecule has 2 rings (SSSR count). The number of aliphatic imine (C=N–C) groups is 1. The van der Waals surface area contributed by atoms with Gasteiger partial charge in [-0.2, -0.15) is 0 Å². The van der Waals surface area contributed by atoms with Crippen LogP contribution < -0.4 is 10.6 Å². The molecular formula is C19H31N5OS. The Morgan fingerprint density at radius 2 is 1.88 bits per heavy atom. The van der Waals surface area contributed by atoms with Crippen molar-refractivity contribution in [2.45, 2.75) is 24.0 Å². The molecule has 144 valence electrons. The predicted molar refractivity (Wildman–Crippen MR) is 110 cm³/mol. The molecule has 1 heterocycles. The first-order chi connectivity index (χ1) is 12.6. The highest BCUT2D eigenvalue weighted by atomic mass is 32.2. The summed E-state index contributed by atoms with van der Waals surface area (Å²) >= 11 is 1.86. The van der Waals surface area contributed by atoms with Crippen LogP contribution in [0.25, 0.3) is 0 Å². The van der Waals surface area contributed by atoms with Crippen LogP contribution in [0.4, 0.5) is 0 Å². The van der Waals surface area contributed by atoms with E-state index in [-0.39, 0.29) is 5.91 Å². The molecule has 1 unspecified atom stereocenters. The highest BCUT2D eigenvalue weighted by Crippen LogP contribution is 2.21. The number of hydrogen-bond donors (Lipinski definition) is 2. The first-order valence-electron chi connectivity index (χ1n) is 9.22. The number of guanidine groups is 1. The molecule has 0 bridgehead atoms. The standard InChI is InChI=1S/C19H31N5OS/c1-16(26-18-7-5-4-6-8-18)15-22-19(20-3)21-9-10-23-11-13-24(14-12-23)17(2)25/h4-8,16H,9-15H2,1-3H3,(H2,20,21,22). The maximum Gasteiger partial charge on any atom is 0.219 e. The van der Waals surface area contributed by atoms with E-state index in [9.17, 15) is 4.79 Å². The second kappa shape index (κ2) is 11.1. The lowest BCUT2D eigenvalue weighted by molar-refractivity contribution is -0.130. The molecule has 1 atom stereocenters. The first-order valence-corrected chi connectivity index (χ1v) is 10.1. The quantitative estimate of drug-likeness (QED) is 0.428. The van der Waals surface area contributed by atoms with Crippen LogP contribution >= 0.6 is 11.8 Å². The normalized spacial score (nSPS) is 17.0. The molecule has 1 aliphatic heterocycles. The van der Waals surface area contributed by atoms with Crippen molar-refractivity contribution in [2.75, 3.05) is 52.9 Å². The Morgan fingerprint density at radius 3 is 2.50 bits per heavy atom. The molecule has 7 heteroatoms. The van der Waals surface area contributed by atoms with Gasteiger partial charge in [0.2, 0.25) is 5.91 Å². The van der Waals surface area contributed by atoms with Gasteiger partial charge in [0.1, 0.15) is 0 Å². The van der Waals surface area contributed by atoms with Crippen LogP contribution in [0.3, 0.4) is 0 Å². The van der Waals surface area contributed by atoms with E-state index in [1.54, 1.807) is 14.0 Å². The number of amides is 1. The van der Waals surface area contributed by atoms with Crippen LogP contribution in [-0.2, 0) is 4.79 Å². The van der Waals surface area contributed by atoms with E-state index in [0.29, 0.717) is 5.25 Å². The monoisotopic (exact) mass is 377 g/mol. The minimum absolute atomic E-state index is 0.176. The summed E-state index contributed by atoms with van der Waals surface area (Å²) in [6, 6.07) is 10.5. The summed E-state index contributed by atoms with van der Waals surface area (Å²) in [7, 11) is 1.80. The largest absolute Gasteiger partial charge is 0.355 e. The molecule has 0 aromatic heterocycles. The maximum absolute atomic E-state index is 11.4. The number of carbonyl (C=O) groups is 1. The summed E-state index contributed by atoms with van der Waals surface area (Å²) in [5.41, 5.74) is 0. The lowest BCUT2D eigenvalue weighted by Crippen LogP contribution is -2.50. The zero-order valence-electron chi connectivity index (χ0n) is 16.1. The Bertz CT molecular complexity index is 573. The first kappa shape index (κ1) is 20.6. The topological polar surface area (TPSA) is 60.0 Å². The van der Waals surface area contributed by atoms with Gasteiger partial charge in [-0.3, -0.25) is 14.7 Å². The number of hydrogen-bond acceptors (Lipinski definition) is 4. The molecule has 0 saturated carbocycles. The summed E-state index contributed by atoms with van der Waals surface area (Å²) in [4.78, 5) is 21.2. The molecule has 0 aliphatic carbocycles. The van der Waals surface area contributed by atoms with Gasteiger partial charge in [0.15, 0.2) is 5.96 Å². The van der Waals surface area contributed by atoms with Gasteiger partial charge >= 0.3 is 0 Å². The van der Waals surface area contributed by atoms with Crippen molar-refractivity contribution >= 4 is 23.6 Å². The molecule has 26 heavy (non-hydrogen) atoms. The van der Waals surface area contributed by atoms with Crippen LogP contribution in [-0.4, -0.2) is 79.8 Å². The molecule has 1 aromatic rings. The minimum Gasteiger partial charge on any atom is -0.355 e. The van der Waals surface area contributed by atoms with Gasteiger partial charge in [-0.1, -0.05) is 25.1 Å². The Kier molecular flexibility index (Phi) is 8.77. The Labute approximate surface area is 161 Å². The number of rotatable bonds is 7. The lowest BCUT2D eigenvalue weighted by atomic mass is 10.3. The molecule has 0 radical (unpaired) electrons. The number of thioether (sulfide) groups is 1. The average Bonchev–Trinajstić information content (AvgIpc) is 2.65. The average molecular weight is 378 g/mol. The van der Waals surface area contributed by atoms with Gasteiger partial charge in [-0.05, 0) is 12.1 Å². The van der Waals surface area contributed by atoms with Crippen molar-refractivity contribution < 1.29 is 4.79 Å². The molecule has 1 fully saturated rings. The number of carbonyl (C=O) groups excluding carboxylic acids is 1. The second-order valence-electron chi connectivity index (χ2n) is 6.47. The molecule has 1 aromatic carbocycles. The Hall–Kier alpha value is -1.73. The van der Waals surface area contributed by atoms with E-state index >= 15 is 0 Å². The van der Waals surface area contributed by atoms with Gasteiger partial charge in [-0.25, -0.2) is 0 Å². The smallest absolute Gasteiger partial charge is 0.219 e. The van der Waals surface area contributed by atoms with Crippen LogP contribution in [0.1, 0.15) is 13.8 Å². The van der Waals surface area contributed by atoms with E-state index in [1.165, 1.54) is 4.90 Å². The van der Waals surface area contributed by atoms with E-state index in [2.05, 4.69) is 51.7 Å². The molecule has 6 nitrogen and oxygen atoms in total. The zero-order chi connectivity index (χ0) is 18.8. The molecule has 1 aliphatic rings. The second-order valence-corrected chi connectivity index (χ2v) is 7.98. The van der Waals surface area contributed by atoms with E-state index in [0.717, 1.165) is 51.8 Å². The van der Waals surface area contributed by atoms with Crippen LogP contribution in [0.2, 0.25) is 0 Å². The summed E-state index contributed by atoms with van der Waals surface area (Å²) in [6.45, 7) is 10.1. The van der Waals surface area contributed by atoms with Gasteiger partial charge in [0, 0.05) is 69.9 Å². The summed E-state index contributed by atoms with van der Waals surface area (Å²) in [5.74, 6) is 1.02. The Balaban J connectivity index is 1.61. The third-order valence-corrected chi connectivity index (χ3v) is 5.51. The third-order valence-electron chi connectivity index (χ3n) is 4.40.